The zero-order chi connectivity index (χ0) is 21.3. The standard InChI is InChI=1S/C20H20ClN3O4S2/c1-28-14-7-10-16-18(12-14)29-20(22-16)23-19(25)17-4-2-3-11-24(17)30(26,27)15-8-5-13(21)6-9-15/h5-10,12,17H,2-4,11H2,1H3,(H,22,23,25)/t17-/m0/s1. The van der Waals surface area contributed by atoms with Crippen LogP contribution in [0, 0.1) is 0 Å². The molecule has 10 heteroatoms. The summed E-state index contributed by atoms with van der Waals surface area (Å²) in [4.78, 5) is 17.6. The first-order valence-corrected chi connectivity index (χ1v) is 12.0. The van der Waals surface area contributed by atoms with Crippen molar-refractivity contribution in [3.63, 3.8) is 0 Å². The van der Waals surface area contributed by atoms with Gasteiger partial charge in [0.05, 0.1) is 22.2 Å². The summed E-state index contributed by atoms with van der Waals surface area (Å²) in [6.45, 7) is 0.292. The van der Waals surface area contributed by atoms with Crippen LogP contribution >= 0.6 is 22.9 Å². The molecule has 1 N–H and O–H groups in total. The van der Waals surface area contributed by atoms with Crippen LogP contribution in [0.2, 0.25) is 5.02 Å². The number of anilines is 1. The maximum absolute atomic E-state index is 13.2. The second-order valence-electron chi connectivity index (χ2n) is 6.92. The molecule has 158 valence electrons. The van der Waals surface area contributed by atoms with Gasteiger partial charge in [-0.3, -0.25) is 4.79 Å². The van der Waals surface area contributed by atoms with E-state index in [4.69, 9.17) is 16.3 Å². The molecule has 7 nitrogen and oxygen atoms in total. The minimum atomic E-state index is -3.82. The van der Waals surface area contributed by atoms with Crippen molar-refractivity contribution in [1.29, 1.82) is 0 Å². The minimum Gasteiger partial charge on any atom is -0.497 e. The van der Waals surface area contributed by atoms with E-state index in [0.29, 0.717) is 35.3 Å². The van der Waals surface area contributed by atoms with Gasteiger partial charge < -0.3 is 10.1 Å². The first-order valence-electron chi connectivity index (χ1n) is 9.41. The Morgan fingerprint density at radius 3 is 2.73 bits per heavy atom. The molecule has 0 bridgehead atoms. The average molecular weight is 466 g/mol. The van der Waals surface area contributed by atoms with E-state index in [1.165, 1.54) is 39.9 Å². The fraction of sp³-hybridized carbons (Fsp3) is 0.300. The third-order valence-corrected chi connectivity index (χ3v) is 8.11. The van der Waals surface area contributed by atoms with E-state index in [1.54, 1.807) is 13.2 Å². The number of halogens is 1. The summed E-state index contributed by atoms with van der Waals surface area (Å²) in [6.07, 6.45) is 1.94. The van der Waals surface area contributed by atoms with Gasteiger partial charge in [-0.25, -0.2) is 13.4 Å². The summed E-state index contributed by atoms with van der Waals surface area (Å²) in [7, 11) is -2.23. The van der Waals surface area contributed by atoms with Gasteiger partial charge in [0.25, 0.3) is 0 Å². The molecular weight excluding hydrogens is 446 g/mol. The number of carbonyl (C=O) groups excluding carboxylic acids is 1. The van der Waals surface area contributed by atoms with E-state index in [-0.39, 0.29) is 10.8 Å². The van der Waals surface area contributed by atoms with Crippen molar-refractivity contribution < 1.29 is 17.9 Å². The van der Waals surface area contributed by atoms with Crippen molar-refractivity contribution in [2.75, 3.05) is 19.0 Å². The van der Waals surface area contributed by atoms with Crippen molar-refractivity contribution in [2.24, 2.45) is 0 Å². The molecule has 3 aromatic rings. The number of aromatic nitrogens is 1. The Morgan fingerprint density at radius 1 is 1.23 bits per heavy atom. The summed E-state index contributed by atoms with van der Waals surface area (Å²) in [5.41, 5.74) is 0.741. The number of sulfonamides is 1. The van der Waals surface area contributed by atoms with Crippen LogP contribution in [-0.2, 0) is 14.8 Å². The second-order valence-corrected chi connectivity index (χ2v) is 10.3. The Labute approximate surface area is 183 Å². The Kier molecular flexibility index (Phi) is 5.97. The lowest BCUT2D eigenvalue weighted by molar-refractivity contribution is -0.120. The zero-order valence-corrected chi connectivity index (χ0v) is 18.6. The van der Waals surface area contributed by atoms with Crippen LogP contribution in [0.5, 0.6) is 5.75 Å². The molecule has 2 heterocycles. The normalized spacial score (nSPS) is 17.7. The summed E-state index contributed by atoms with van der Waals surface area (Å²) < 4.78 is 33.7. The van der Waals surface area contributed by atoms with Crippen molar-refractivity contribution in [2.45, 2.75) is 30.2 Å². The van der Waals surface area contributed by atoms with Crippen LogP contribution in [0.15, 0.2) is 47.4 Å². The van der Waals surface area contributed by atoms with E-state index in [9.17, 15) is 13.2 Å². The summed E-state index contributed by atoms with van der Waals surface area (Å²) in [5, 5.41) is 3.68. The molecule has 2 aromatic carbocycles. The highest BCUT2D eigenvalue weighted by Crippen LogP contribution is 2.31. The highest BCUT2D eigenvalue weighted by molar-refractivity contribution is 7.89. The second kappa shape index (κ2) is 8.50. The van der Waals surface area contributed by atoms with Crippen molar-refractivity contribution in [1.82, 2.24) is 9.29 Å². The molecule has 0 spiro atoms. The lowest BCUT2D eigenvalue weighted by Crippen LogP contribution is -2.49. The number of benzene rings is 2. The Balaban J connectivity index is 1.58. The third kappa shape index (κ3) is 4.15. The van der Waals surface area contributed by atoms with Crippen LogP contribution in [0.25, 0.3) is 10.2 Å². The average Bonchev–Trinajstić information content (AvgIpc) is 3.15. The number of fused-ring (bicyclic) bond motifs is 1. The molecule has 30 heavy (non-hydrogen) atoms. The van der Waals surface area contributed by atoms with Gasteiger partial charge in [-0.05, 0) is 55.3 Å². The molecule has 1 aliphatic rings. The SMILES string of the molecule is COc1ccc2nc(NC(=O)[C@@H]3CCCCN3S(=O)(=O)c3ccc(Cl)cc3)sc2c1. The maximum Gasteiger partial charge on any atom is 0.244 e. The predicted molar refractivity (Wildman–Crippen MR) is 118 cm³/mol. The zero-order valence-electron chi connectivity index (χ0n) is 16.2. The van der Waals surface area contributed by atoms with Gasteiger partial charge in [0.15, 0.2) is 5.13 Å². The molecule has 0 radical (unpaired) electrons. The summed E-state index contributed by atoms with van der Waals surface area (Å²) >= 11 is 7.20. The topological polar surface area (TPSA) is 88.6 Å². The number of nitrogens with one attached hydrogen (secondary N) is 1. The van der Waals surface area contributed by atoms with E-state index < -0.39 is 16.1 Å². The molecular formula is C20H20ClN3O4S2. The molecule has 4 rings (SSSR count). The first kappa shape index (κ1) is 21.0. The molecule has 1 aromatic heterocycles. The van der Waals surface area contributed by atoms with Gasteiger partial charge in [-0.2, -0.15) is 4.31 Å². The lowest BCUT2D eigenvalue weighted by Gasteiger charge is -2.33. The van der Waals surface area contributed by atoms with Gasteiger partial charge in [0.2, 0.25) is 15.9 Å². The van der Waals surface area contributed by atoms with E-state index in [1.807, 2.05) is 12.1 Å². The van der Waals surface area contributed by atoms with Crippen molar-refractivity contribution in [3.05, 3.63) is 47.5 Å². The van der Waals surface area contributed by atoms with Gasteiger partial charge in [0, 0.05) is 11.6 Å². The number of hydrogen-bond donors (Lipinski definition) is 1. The fourth-order valence-electron chi connectivity index (χ4n) is 3.47. The maximum atomic E-state index is 13.2. The molecule has 1 amide bonds. The number of piperidine rings is 1. The number of carbonyl (C=O) groups is 1. The molecule has 1 aliphatic heterocycles. The van der Waals surface area contributed by atoms with Crippen molar-refractivity contribution in [3.8, 4) is 5.75 Å². The minimum absolute atomic E-state index is 0.124. The van der Waals surface area contributed by atoms with Crippen LogP contribution in [0.3, 0.4) is 0 Å². The van der Waals surface area contributed by atoms with Crippen LogP contribution < -0.4 is 10.1 Å². The number of amides is 1. The molecule has 1 saturated heterocycles. The van der Waals surface area contributed by atoms with Gasteiger partial charge >= 0.3 is 0 Å². The number of nitrogens with zero attached hydrogens (tertiary/aromatic N) is 2. The Bertz CT molecular complexity index is 1180. The number of rotatable bonds is 5. The quantitative estimate of drug-likeness (QED) is 0.611. The molecule has 1 fully saturated rings. The molecule has 1 atom stereocenters. The molecule has 0 unspecified atom stereocenters. The van der Waals surface area contributed by atoms with Crippen LogP contribution in [0.1, 0.15) is 19.3 Å². The highest BCUT2D eigenvalue weighted by atomic mass is 35.5. The number of ether oxygens (including phenoxy) is 1. The van der Waals surface area contributed by atoms with Crippen LogP contribution in [0.4, 0.5) is 5.13 Å². The molecule has 0 saturated carbocycles. The van der Waals surface area contributed by atoms with Gasteiger partial charge in [-0.1, -0.05) is 29.4 Å². The van der Waals surface area contributed by atoms with Crippen LogP contribution in [-0.4, -0.2) is 43.3 Å². The van der Waals surface area contributed by atoms with Crippen molar-refractivity contribution >= 4 is 54.2 Å². The lowest BCUT2D eigenvalue weighted by atomic mass is 10.0. The monoisotopic (exact) mass is 465 g/mol. The smallest absolute Gasteiger partial charge is 0.244 e. The number of hydrogen-bond acceptors (Lipinski definition) is 6. The number of thiazole rings is 1. The fourth-order valence-corrected chi connectivity index (χ4v) is 6.15. The summed E-state index contributed by atoms with van der Waals surface area (Å²) in [6, 6.07) is 10.7. The van der Waals surface area contributed by atoms with E-state index >= 15 is 0 Å². The van der Waals surface area contributed by atoms with E-state index in [2.05, 4.69) is 10.3 Å². The molecule has 0 aliphatic carbocycles. The van der Waals surface area contributed by atoms with E-state index in [0.717, 1.165) is 16.6 Å². The third-order valence-electron chi connectivity index (χ3n) is 5.00. The highest BCUT2D eigenvalue weighted by Gasteiger charge is 2.37. The Hall–Kier alpha value is -2.20. The number of methoxy groups -OCH3 is 1. The van der Waals surface area contributed by atoms with Gasteiger partial charge in [0.1, 0.15) is 11.8 Å². The van der Waals surface area contributed by atoms with Gasteiger partial charge in [-0.15, -0.1) is 0 Å². The predicted octanol–water partition coefficient (Wildman–Crippen LogP) is 4.14. The summed E-state index contributed by atoms with van der Waals surface area (Å²) in [5.74, 6) is 0.329. The Morgan fingerprint density at radius 2 is 2.00 bits per heavy atom. The first-order chi connectivity index (χ1) is 14.4. The largest absolute Gasteiger partial charge is 0.497 e.